The number of alkyl halides is 3. The summed E-state index contributed by atoms with van der Waals surface area (Å²) in [5.74, 6) is -0.0106. The van der Waals surface area contributed by atoms with Gasteiger partial charge in [0.1, 0.15) is 5.75 Å². The normalized spacial score (nSPS) is 12.1. The molecular formula is C19H13F3N4O3S. The fourth-order valence-electron chi connectivity index (χ4n) is 2.75. The Morgan fingerprint density at radius 2 is 1.80 bits per heavy atom. The van der Waals surface area contributed by atoms with Gasteiger partial charge in [-0.25, -0.2) is 18.4 Å². The lowest BCUT2D eigenvalue weighted by Gasteiger charge is -2.11. The van der Waals surface area contributed by atoms with Gasteiger partial charge in [0.2, 0.25) is 5.78 Å². The van der Waals surface area contributed by atoms with Crippen LogP contribution in [-0.4, -0.2) is 29.1 Å². The van der Waals surface area contributed by atoms with E-state index >= 15 is 0 Å². The Morgan fingerprint density at radius 1 is 1.03 bits per heavy atom. The third kappa shape index (κ3) is 4.35. The number of aromatic nitrogens is 3. The molecule has 0 aliphatic heterocycles. The molecule has 4 aromatic rings. The van der Waals surface area contributed by atoms with Crippen molar-refractivity contribution in [3.63, 3.8) is 0 Å². The Kier molecular flexibility index (Phi) is 4.82. The predicted molar refractivity (Wildman–Crippen MR) is 102 cm³/mol. The number of rotatable bonds is 5. The smallest absolute Gasteiger partial charge is 0.406 e. The van der Waals surface area contributed by atoms with E-state index in [9.17, 15) is 21.6 Å². The highest BCUT2D eigenvalue weighted by Crippen LogP contribution is 2.26. The average Bonchev–Trinajstić information content (AvgIpc) is 3.11. The van der Waals surface area contributed by atoms with Crippen LogP contribution in [0.3, 0.4) is 0 Å². The molecule has 0 amide bonds. The largest absolute Gasteiger partial charge is 0.573 e. The fourth-order valence-corrected chi connectivity index (χ4v) is 3.80. The Morgan fingerprint density at radius 3 is 2.50 bits per heavy atom. The first-order valence-electron chi connectivity index (χ1n) is 8.48. The van der Waals surface area contributed by atoms with Gasteiger partial charge in [-0.2, -0.15) is 0 Å². The first-order chi connectivity index (χ1) is 14.2. The molecule has 0 saturated carbocycles. The summed E-state index contributed by atoms with van der Waals surface area (Å²) >= 11 is 0. The summed E-state index contributed by atoms with van der Waals surface area (Å²) in [6, 6.07) is 12.3. The fraction of sp³-hybridized carbons (Fsp3) is 0.0526. The lowest BCUT2D eigenvalue weighted by atomic mass is 10.1. The van der Waals surface area contributed by atoms with Gasteiger partial charge in [0.25, 0.3) is 10.0 Å². The number of hydrogen-bond acceptors (Lipinski definition) is 5. The van der Waals surface area contributed by atoms with Crippen LogP contribution in [0.25, 0.3) is 17.0 Å². The van der Waals surface area contributed by atoms with Gasteiger partial charge < -0.3 is 4.74 Å². The summed E-state index contributed by atoms with van der Waals surface area (Å²) < 4.78 is 69.8. The lowest BCUT2D eigenvalue weighted by molar-refractivity contribution is -0.274. The summed E-state index contributed by atoms with van der Waals surface area (Å²) in [6.07, 6.45) is 0.307. The van der Waals surface area contributed by atoms with Crippen LogP contribution in [0.5, 0.6) is 5.75 Å². The van der Waals surface area contributed by atoms with Crippen LogP contribution in [0.4, 0.5) is 18.9 Å². The number of anilines is 1. The number of benzene rings is 2. The Balaban J connectivity index is 1.57. The highest BCUT2D eigenvalue weighted by molar-refractivity contribution is 7.92. The van der Waals surface area contributed by atoms with Gasteiger partial charge >= 0.3 is 6.36 Å². The number of halogens is 3. The number of sulfonamides is 1. The van der Waals surface area contributed by atoms with E-state index in [-0.39, 0.29) is 10.6 Å². The van der Waals surface area contributed by atoms with E-state index < -0.39 is 22.1 Å². The zero-order valence-electron chi connectivity index (χ0n) is 15.0. The maximum Gasteiger partial charge on any atom is 0.573 e. The standard InChI is InChI=1S/C19H13F3N4O3S/c20-19(21,22)29-15-5-7-16(8-6-15)30(27,28)25-14-4-1-3-13(11-14)17-12-26-10-2-9-23-18(26)24-17/h1-12,25H. The van der Waals surface area contributed by atoms with Gasteiger partial charge in [-0.3, -0.25) is 9.12 Å². The number of nitrogens with zero attached hydrogens (tertiary/aromatic N) is 3. The van der Waals surface area contributed by atoms with E-state index in [0.717, 1.165) is 24.3 Å². The van der Waals surface area contributed by atoms with Crippen molar-refractivity contribution in [2.75, 3.05) is 4.72 Å². The molecule has 2 heterocycles. The SMILES string of the molecule is O=S(=O)(Nc1cccc(-c2cn3cccnc3n2)c1)c1ccc(OC(F)(F)F)cc1. The molecule has 0 saturated heterocycles. The van der Waals surface area contributed by atoms with Gasteiger partial charge in [0.05, 0.1) is 10.6 Å². The van der Waals surface area contributed by atoms with E-state index in [2.05, 4.69) is 19.4 Å². The number of imidazole rings is 1. The van der Waals surface area contributed by atoms with Crippen LogP contribution in [0.15, 0.2) is 78.1 Å². The second-order valence-corrected chi connectivity index (χ2v) is 7.84. The quantitative estimate of drug-likeness (QED) is 0.511. The second kappa shape index (κ2) is 7.34. The van der Waals surface area contributed by atoms with Crippen LogP contribution >= 0.6 is 0 Å². The molecule has 0 aliphatic rings. The lowest BCUT2D eigenvalue weighted by Crippen LogP contribution is -2.17. The molecule has 0 spiro atoms. The number of nitrogens with one attached hydrogen (secondary N) is 1. The van der Waals surface area contributed by atoms with Crippen molar-refractivity contribution >= 4 is 21.5 Å². The number of ether oxygens (including phenoxy) is 1. The minimum absolute atomic E-state index is 0.209. The van der Waals surface area contributed by atoms with E-state index in [1.54, 1.807) is 53.3 Å². The first kappa shape index (κ1) is 19.7. The third-order valence-corrected chi connectivity index (χ3v) is 5.41. The van der Waals surface area contributed by atoms with Gasteiger partial charge in [-0.1, -0.05) is 12.1 Å². The molecule has 0 aliphatic carbocycles. The molecular weight excluding hydrogens is 421 g/mol. The zero-order valence-corrected chi connectivity index (χ0v) is 15.9. The summed E-state index contributed by atoms with van der Waals surface area (Å²) in [5, 5.41) is 0. The molecule has 154 valence electrons. The van der Waals surface area contributed by atoms with Gasteiger partial charge in [0.15, 0.2) is 0 Å². The average molecular weight is 434 g/mol. The van der Waals surface area contributed by atoms with E-state index in [0.29, 0.717) is 17.0 Å². The van der Waals surface area contributed by atoms with Crippen LogP contribution < -0.4 is 9.46 Å². The minimum atomic E-state index is -4.85. The van der Waals surface area contributed by atoms with Crippen molar-refractivity contribution in [1.29, 1.82) is 0 Å². The Bertz CT molecular complexity index is 1270. The molecule has 11 heteroatoms. The predicted octanol–water partition coefficient (Wildman–Crippen LogP) is 4.10. The van der Waals surface area contributed by atoms with Crippen molar-refractivity contribution in [2.24, 2.45) is 0 Å². The number of hydrogen-bond donors (Lipinski definition) is 1. The molecule has 0 atom stereocenters. The summed E-state index contributed by atoms with van der Waals surface area (Å²) in [5.41, 5.74) is 1.53. The number of fused-ring (bicyclic) bond motifs is 1. The Hall–Kier alpha value is -3.60. The van der Waals surface area contributed by atoms with Crippen LogP contribution in [0.1, 0.15) is 0 Å². The molecule has 0 unspecified atom stereocenters. The van der Waals surface area contributed by atoms with Crippen molar-refractivity contribution in [1.82, 2.24) is 14.4 Å². The Labute approximate surface area is 168 Å². The molecule has 0 bridgehead atoms. The zero-order chi connectivity index (χ0) is 21.4. The third-order valence-electron chi connectivity index (χ3n) is 4.01. The topological polar surface area (TPSA) is 85.6 Å². The molecule has 1 N–H and O–H groups in total. The maximum atomic E-state index is 12.6. The van der Waals surface area contributed by atoms with E-state index in [1.807, 2.05) is 0 Å². The maximum absolute atomic E-state index is 12.6. The van der Waals surface area contributed by atoms with Crippen molar-refractivity contribution < 1.29 is 26.3 Å². The summed E-state index contributed by atoms with van der Waals surface area (Å²) in [4.78, 5) is 8.32. The molecule has 0 fully saturated rings. The van der Waals surface area contributed by atoms with Gasteiger partial charge in [-0.05, 0) is 42.5 Å². The molecule has 0 radical (unpaired) electrons. The first-order valence-corrected chi connectivity index (χ1v) is 9.97. The van der Waals surface area contributed by atoms with E-state index in [1.165, 1.54) is 0 Å². The second-order valence-electron chi connectivity index (χ2n) is 6.16. The molecule has 2 aromatic carbocycles. The van der Waals surface area contributed by atoms with Crippen molar-refractivity contribution in [2.45, 2.75) is 11.3 Å². The van der Waals surface area contributed by atoms with E-state index in [4.69, 9.17) is 0 Å². The van der Waals surface area contributed by atoms with Crippen molar-refractivity contribution in [3.8, 4) is 17.0 Å². The van der Waals surface area contributed by atoms with Gasteiger partial charge in [-0.15, -0.1) is 13.2 Å². The van der Waals surface area contributed by atoms with Crippen molar-refractivity contribution in [3.05, 3.63) is 73.2 Å². The highest BCUT2D eigenvalue weighted by Gasteiger charge is 2.31. The molecule has 4 rings (SSSR count). The minimum Gasteiger partial charge on any atom is -0.406 e. The molecule has 30 heavy (non-hydrogen) atoms. The van der Waals surface area contributed by atoms with Gasteiger partial charge in [0, 0.05) is 29.8 Å². The summed E-state index contributed by atoms with van der Waals surface area (Å²) in [6.45, 7) is 0. The molecule has 2 aromatic heterocycles. The monoisotopic (exact) mass is 434 g/mol. The van der Waals surface area contributed by atoms with Crippen LogP contribution in [0, 0.1) is 0 Å². The van der Waals surface area contributed by atoms with Crippen LogP contribution in [-0.2, 0) is 10.0 Å². The van der Waals surface area contributed by atoms with Crippen LogP contribution in [0.2, 0.25) is 0 Å². The summed E-state index contributed by atoms with van der Waals surface area (Å²) in [7, 11) is -4.02. The molecule has 7 nitrogen and oxygen atoms in total. The highest BCUT2D eigenvalue weighted by atomic mass is 32.2.